The number of benzene rings is 2. The molecule has 0 aliphatic heterocycles. The lowest BCUT2D eigenvalue weighted by Crippen LogP contribution is -2.30. The first-order valence-corrected chi connectivity index (χ1v) is 10.5. The van der Waals surface area contributed by atoms with Gasteiger partial charge in [0.15, 0.2) is 5.82 Å². The molecule has 0 atom stereocenters. The van der Waals surface area contributed by atoms with E-state index in [1.807, 2.05) is 6.07 Å². The highest BCUT2D eigenvalue weighted by atomic mass is 16.5. The van der Waals surface area contributed by atoms with Gasteiger partial charge in [-0.25, -0.2) is 4.68 Å². The number of nitrogen functional groups attached to an aromatic ring is 1. The van der Waals surface area contributed by atoms with Crippen LogP contribution in [0.1, 0.15) is 40.2 Å². The zero-order valence-corrected chi connectivity index (χ0v) is 18.4. The van der Waals surface area contributed by atoms with Gasteiger partial charge in [-0.15, -0.1) is 5.10 Å². The molecule has 3 aromatic rings. The van der Waals surface area contributed by atoms with Gasteiger partial charge >= 0.3 is 5.97 Å². The molecule has 1 amide bonds. The Morgan fingerprint density at radius 3 is 2.61 bits per heavy atom. The van der Waals surface area contributed by atoms with Crippen LogP contribution in [0.3, 0.4) is 0 Å². The van der Waals surface area contributed by atoms with Crippen LogP contribution in [0.15, 0.2) is 36.4 Å². The van der Waals surface area contributed by atoms with Crippen molar-refractivity contribution in [1.82, 2.24) is 20.1 Å². The second-order valence-corrected chi connectivity index (χ2v) is 7.79. The van der Waals surface area contributed by atoms with Crippen molar-refractivity contribution in [2.75, 3.05) is 24.7 Å². The van der Waals surface area contributed by atoms with Crippen molar-refractivity contribution in [2.45, 2.75) is 18.8 Å². The van der Waals surface area contributed by atoms with E-state index < -0.39 is 5.97 Å². The molecular weight excluding hydrogens is 422 g/mol. The number of amides is 1. The van der Waals surface area contributed by atoms with Crippen molar-refractivity contribution in [2.24, 2.45) is 7.05 Å². The zero-order chi connectivity index (χ0) is 23.5. The summed E-state index contributed by atoms with van der Waals surface area (Å²) in [6.07, 6.45) is 3.45. The molecule has 0 spiro atoms. The van der Waals surface area contributed by atoms with Gasteiger partial charge in [-0.05, 0) is 48.6 Å². The molecule has 2 aromatic carbocycles. The predicted octanol–water partition coefficient (Wildman–Crippen LogP) is 2.59. The molecule has 1 fully saturated rings. The van der Waals surface area contributed by atoms with Crippen LogP contribution in [0.25, 0.3) is 11.4 Å². The second-order valence-electron chi connectivity index (χ2n) is 7.79. The maximum absolute atomic E-state index is 12.2. The molecule has 0 saturated heterocycles. The zero-order valence-electron chi connectivity index (χ0n) is 18.4. The molecule has 4 rings (SSSR count). The summed E-state index contributed by atoms with van der Waals surface area (Å²) in [5.74, 6) is 0.542. The number of ether oxygens (including phenoxy) is 1. The molecule has 170 valence electrons. The number of methoxy groups -OCH3 is 1. The number of anilines is 3. The number of esters is 1. The highest BCUT2D eigenvalue weighted by Crippen LogP contribution is 2.46. The Hall–Kier alpha value is -4.21. The Balaban J connectivity index is 1.53. The Morgan fingerprint density at radius 2 is 1.97 bits per heavy atom. The van der Waals surface area contributed by atoms with Crippen LogP contribution >= 0.6 is 0 Å². The minimum absolute atomic E-state index is 0.193. The minimum Gasteiger partial charge on any atom is -0.468 e. The summed E-state index contributed by atoms with van der Waals surface area (Å²) < 4.78 is 6.16. The van der Waals surface area contributed by atoms with E-state index in [9.17, 15) is 9.59 Å². The van der Waals surface area contributed by atoms with Gasteiger partial charge in [-0.1, -0.05) is 12.1 Å². The summed E-state index contributed by atoms with van der Waals surface area (Å²) >= 11 is 0. The van der Waals surface area contributed by atoms with E-state index in [2.05, 4.69) is 25.5 Å². The average Bonchev–Trinajstić information content (AvgIpc) is 3.60. The van der Waals surface area contributed by atoms with Crippen molar-refractivity contribution >= 4 is 35.4 Å². The van der Waals surface area contributed by atoms with Crippen LogP contribution in [0.5, 0.6) is 0 Å². The Labute approximate surface area is 190 Å². The number of aryl methyl sites for hydroxylation is 1. The maximum atomic E-state index is 12.2. The van der Waals surface area contributed by atoms with Crippen LogP contribution in [0, 0.1) is 5.41 Å². The summed E-state index contributed by atoms with van der Waals surface area (Å²) in [4.78, 5) is 28.0. The van der Waals surface area contributed by atoms with E-state index in [1.54, 1.807) is 42.1 Å². The van der Waals surface area contributed by atoms with Crippen LogP contribution in [0.2, 0.25) is 0 Å². The van der Waals surface area contributed by atoms with Crippen LogP contribution in [-0.4, -0.2) is 46.5 Å². The van der Waals surface area contributed by atoms with E-state index in [0.717, 1.165) is 35.2 Å². The van der Waals surface area contributed by atoms with Gasteiger partial charge in [0.05, 0.1) is 7.11 Å². The van der Waals surface area contributed by atoms with E-state index in [1.165, 1.54) is 13.3 Å². The fourth-order valence-electron chi connectivity index (χ4n) is 3.57. The fourth-order valence-corrected chi connectivity index (χ4v) is 3.57. The molecule has 1 aliphatic carbocycles. The van der Waals surface area contributed by atoms with Crippen LogP contribution in [0.4, 0.5) is 17.3 Å². The lowest BCUT2D eigenvalue weighted by Gasteiger charge is -2.15. The number of carbonyl (C=O) groups excluding carboxylic acids is 2. The molecule has 5 N–H and O–H groups in total. The molecule has 10 nitrogen and oxygen atoms in total. The van der Waals surface area contributed by atoms with E-state index in [4.69, 9.17) is 11.1 Å². The highest BCUT2D eigenvalue weighted by molar-refractivity contribution is 5.96. The summed E-state index contributed by atoms with van der Waals surface area (Å²) in [6.45, 7) is -0.193. The van der Waals surface area contributed by atoms with E-state index in [0.29, 0.717) is 28.9 Å². The summed E-state index contributed by atoms with van der Waals surface area (Å²) in [6, 6.07) is 10.5. The first kappa shape index (κ1) is 22.0. The Bertz CT molecular complexity index is 1210. The number of nitrogens with zero attached hydrogens (tertiary/aromatic N) is 3. The van der Waals surface area contributed by atoms with Gasteiger partial charge in [0, 0.05) is 41.3 Å². The third kappa shape index (κ3) is 4.69. The van der Waals surface area contributed by atoms with Gasteiger partial charge in [0.1, 0.15) is 6.54 Å². The molecule has 1 saturated carbocycles. The SMILES string of the molecule is COC(=O)CNC(=O)c1ccc(-c2nc(Nc3ccc(N)c(C=N)c3C3CC3)n(C)n2)cc1. The summed E-state index contributed by atoms with van der Waals surface area (Å²) in [5, 5.41) is 18.1. The number of carbonyl (C=O) groups is 2. The fraction of sp³-hybridized carbons (Fsp3) is 0.261. The molecular formula is C23H25N7O3. The Morgan fingerprint density at radius 1 is 1.24 bits per heavy atom. The topological polar surface area (TPSA) is 148 Å². The van der Waals surface area contributed by atoms with E-state index >= 15 is 0 Å². The lowest BCUT2D eigenvalue weighted by atomic mass is 10.00. The van der Waals surface area contributed by atoms with Crippen molar-refractivity contribution < 1.29 is 14.3 Å². The third-order valence-corrected chi connectivity index (χ3v) is 5.49. The van der Waals surface area contributed by atoms with Crippen LogP contribution in [-0.2, 0) is 16.6 Å². The monoisotopic (exact) mass is 447 g/mol. The lowest BCUT2D eigenvalue weighted by molar-refractivity contribution is -0.139. The standard InChI is InChI=1S/C23H25N7O3/c1-30-23(27-18-10-9-17(25)16(11-24)20(18)13-3-4-13)28-21(29-30)14-5-7-15(8-6-14)22(32)26-12-19(31)33-2/h5-11,13,24H,3-4,12,25H2,1-2H3,(H,26,32)(H,27,28,29). The molecule has 1 aromatic heterocycles. The largest absolute Gasteiger partial charge is 0.468 e. The first-order chi connectivity index (χ1) is 15.9. The second kappa shape index (κ2) is 9.11. The normalized spacial score (nSPS) is 12.8. The van der Waals surface area contributed by atoms with Crippen molar-refractivity contribution in [3.05, 3.63) is 53.1 Å². The summed E-state index contributed by atoms with van der Waals surface area (Å²) in [7, 11) is 3.05. The quantitative estimate of drug-likeness (QED) is 0.236. The molecule has 0 bridgehead atoms. The number of hydrogen-bond acceptors (Lipinski definition) is 8. The number of hydrogen-bond donors (Lipinski definition) is 4. The van der Waals surface area contributed by atoms with Gasteiger partial charge < -0.3 is 26.5 Å². The molecule has 33 heavy (non-hydrogen) atoms. The van der Waals surface area contributed by atoms with Gasteiger partial charge in [-0.3, -0.25) is 9.59 Å². The predicted molar refractivity (Wildman–Crippen MR) is 125 cm³/mol. The number of rotatable bonds is 8. The molecule has 0 unspecified atom stereocenters. The Kier molecular flexibility index (Phi) is 6.07. The third-order valence-electron chi connectivity index (χ3n) is 5.49. The molecule has 1 aliphatic rings. The highest BCUT2D eigenvalue weighted by Gasteiger charge is 2.29. The van der Waals surface area contributed by atoms with Crippen molar-refractivity contribution in [1.29, 1.82) is 5.41 Å². The number of nitrogens with one attached hydrogen (secondary N) is 3. The summed E-state index contributed by atoms with van der Waals surface area (Å²) in [5.41, 5.74) is 10.5. The molecule has 1 heterocycles. The van der Waals surface area contributed by atoms with Crippen LogP contribution < -0.4 is 16.4 Å². The molecule has 0 radical (unpaired) electrons. The number of aromatic nitrogens is 3. The first-order valence-electron chi connectivity index (χ1n) is 10.5. The maximum Gasteiger partial charge on any atom is 0.325 e. The smallest absolute Gasteiger partial charge is 0.325 e. The van der Waals surface area contributed by atoms with Crippen molar-refractivity contribution in [3.8, 4) is 11.4 Å². The van der Waals surface area contributed by atoms with Gasteiger partial charge in [-0.2, -0.15) is 4.98 Å². The molecule has 10 heteroatoms. The average molecular weight is 447 g/mol. The van der Waals surface area contributed by atoms with Gasteiger partial charge in [0.25, 0.3) is 5.91 Å². The van der Waals surface area contributed by atoms with Crippen molar-refractivity contribution in [3.63, 3.8) is 0 Å². The number of nitrogens with two attached hydrogens (primary N) is 1. The minimum atomic E-state index is -0.517. The van der Waals surface area contributed by atoms with Gasteiger partial charge in [0.2, 0.25) is 5.95 Å². The van der Waals surface area contributed by atoms with E-state index in [-0.39, 0.29) is 12.5 Å².